The Hall–Kier alpha value is -0.850. The van der Waals surface area contributed by atoms with E-state index in [0.29, 0.717) is 17.5 Å². The Kier molecular flexibility index (Phi) is 3.86. The van der Waals surface area contributed by atoms with E-state index in [1.54, 1.807) is 23.1 Å². The van der Waals surface area contributed by atoms with Crippen molar-refractivity contribution in [3.8, 4) is 10.8 Å². The second kappa shape index (κ2) is 5.20. The molecule has 0 aliphatic heterocycles. The minimum Gasteiger partial charge on any atom is -0.419 e. The third-order valence-electron chi connectivity index (χ3n) is 1.90. The van der Waals surface area contributed by atoms with Gasteiger partial charge in [0.15, 0.2) is 0 Å². The van der Waals surface area contributed by atoms with E-state index in [9.17, 15) is 0 Å². The van der Waals surface area contributed by atoms with Crippen LogP contribution in [0.1, 0.15) is 19.7 Å². The summed E-state index contributed by atoms with van der Waals surface area (Å²) in [6, 6.07) is 3.94. The summed E-state index contributed by atoms with van der Waals surface area (Å²) in [5.41, 5.74) is 5.73. The molecule has 0 bridgehead atoms. The van der Waals surface area contributed by atoms with Gasteiger partial charge in [0.05, 0.1) is 10.6 Å². The number of thioether (sulfide) groups is 1. The predicted molar refractivity (Wildman–Crippen MR) is 72.0 cm³/mol. The Bertz CT molecular complexity index is 459. The Balaban J connectivity index is 1.91. The van der Waals surface area contributed by atoms with E-state index < -0.39 is 0 Å². The van der Waals surface area contributed by atoms with Crippen LogP contribution in [-0.2, 0) is 5.75 Å². The highest BCUT2D eigenvalue weighted by atomic mass is 32.2. The van der Waals surface area contributed by atoms with Gasteiger partial charge in [0, 0.05) is 11.3 Å². The summed E-state index contributed by atoms with van der Waals surface area (Å²) in [5.74, 6) is 2.83. The average Bonchev–Trinajstić information content (AvgIpc) is 2.83. The van der Waals surface area contributed by atoms with E-state index in [2.05, 4.69) is 10.2 Å². The summed E-state index contributed by atoms with van der Waals surface area (Å²) in [4.78, 5) is 1.01. The van der Waals surface area contributed by atoms with Crippen molar-refractivity contribution in [3.63, 3.8) is 0 Å². The molecule has 0 spiro atoms. The van der Waals surface area contributed by atoms with Gasteiger partial charge in [-0.05, 0) is 25.3 Å². The number of thiophene rings is 1. The Morgan fingerprint density at radius 3 is 2.94 bits per heavy atom. The van der Waals surface area contributed by atoms with Crippen LogP contribution >= 0.6 is 23.1 Å². The minimum atomic E-state index is -0.165. The van der Waals surface area contributed by atoms with Gasteiger partial charge in [-0.25, -0.2) is 0 Å². The first kappa shape index (κ1) is 12.6. The third kappa shape index (κ3) is 3.83. The topological polar surface area (TPSA) is 64.9 Å². The van der Waals surface area contributed by atoms with E-state index >= 15 is 0 Å². The van der Waals surface area contributed by atoms with Crippen LogP contribution in [0.25, 0.3) is 10.8 Å². The molecule has 0 saturated carbocycles. The summed E-state index contributed by atoms with van der Waals surface area (Å²) in [6.07, 6.45) is 0. The number of aromatic nitrogens is 2. The normalized spacial score (nSPS) is 11.9. The maximum Gasteiger partial charge on any atom is 0.257 e. The van der Waals surface area contributed by atoms with Crippen molar-refractivity contribution in [2.45, 2.75) is 25.1 Å². The largest absolute Gasteiger partial charge is 0.419 e. The summed E-state index contributed by atoms with van der Waals surface area (Å²) in [7, 11) is 0. The highest BCUT2D eigenvalue weighted by Crippen LogP contribution is 2.24. The molecule has 2 rings (SSSR count). The zero-order valence-corrected chi connectivity index (χ0v) is 11.5. The lowest BCUT2D eigenvalue weighted by atomic mass is 10.1. The lowest BCUT2D eigenvalue weighted by Crippen LogP contribution is -2.34. The van der Waals surface area contributed by atoms with Crippen molar-refractivity contribution >= 4 is 23.1 Å². The highest BCUT2D eigenvalue weighted by molar-refractivity contribution is 7.98. The van der Waals surface area contributed by atoms with Crippen molar-refractivity contribution in [1.82, 2.24) is 10.2 Å². The lowest BCUT2D eigenvalue weighted by Gasteiger charge is -2.16. The molecule has 6 heteroatoms. The van der Waals surface area contributed by atoms with Crippen LogP contribution in [0.15, 0.2) is 21.9 Å². The summed E-state index contributed by atoms with van der Waals surface area (Å²) < 4.78 is 5.57. The molecule has 0 saturated heterocycles. The van der Waals surface area contributed by atoms with E-state index in [1.807, 2.05) is 31.4 Å². The molecular formula is C11H15N3OS2. The van der Waals surface area contributed by atoms with Crippen LogP contribution in [-0.4, -0.2) is 21.5 Å². The molecule has 0 aliphatic carbocycles. The van der Waals surface area contributed by atoms with Crippen LogP contribution in [0.5, 0.6) is 0 Å². The molecule has 92 valence electrons. The molecule has 0 radical (unpaired) electrons. The molecular weight excluding hydrogens is 254 g/mol. The smallest absolute Gasteiger partial charge is 0.257 e. The maximum atomic E-state index is 5.90. The summed E-state index contributed by atoms with van der Waals surface area (Å²) in [6.45, 7) is 4.01. The maximum absolute atomic E-state index is 5.90. The van der Waals surface area contributed by atoms with E-state index in [4.69, 9.17) is 10.2 Å². The van der Waals surface area contributed by atoms with E-state index in [1.165, 1.54) is 0 Å². The van der Waals surface area contributed by atoms with Gasteiger partial charge in [0.1, 0.15) is 0 Å². The molecule has 2 aromatic rings. The van der Waals surface area contributed by atoms with Gasteiger partial charge >= 0.3 is 0 Å². The van der Waals surface area contributed by atoms with Crippen LogP contribution in [0.4, 0.5) is 0 Å². The van der Waals surface area contributed by atoms with Crippen molar-refractivity contribution in [1.29, 1.82) is 0 Å². The quantitative estimate of drug-likeness (QED) is 0.904. The highest BCUT2D eigenvalue weighted by Gasteiger charge is 2.13. The minimum absolute atomic E-state index is 0.165. The second-order valence-electron chi connectivity index (χ2n) is 4.46. The van der Waals surface area contributed by atoms with E-state index in [0.717, 1.165) is 10.6 Å². The first-order valence-corrected chi connectivity index (χ1v) is 7.31. The Morgan fingerprint density at radius 2 is 2.29 bits per heavy atom. The number of rotatable bonds is 5. The standard InChI is InChI=1S/C11H15N3OS2/c1-11(2,12)7-16-6-9-13-14-10(15-9)8-4-3-5-17-8/h3-5H,6-7,12H2,1-2H3. The lowest BCUT2D eigenvalue weighted by molar-refractivity contribution is 0.528. The van der Waals surface area contributed by atoms with Gasteiger partial charge in [-0.1, -0.05) is 6.07 Å². The van der Waals surface area contributed by atoms with Crippen LogP contribution in [0.2, 0.25) is 0 Å². The molecule has 0 aromatic carbocycles. The van der Waals surface area contributed by atoms with Gasteiger partial charge in [-0.3, -0.25) is 0 Å². The fourth-order valence-electron chi connectivity index (χ4n) is 1.21. The SMILES string of the molecule is CC(C)(N)CSCc1nnc(-c2cccs2)o1. The third-order valence-corrected chi connectivity index (χ3v) is 4.16. The molecule has 0 unspecified atom stereocenters. The molecule has 2 heterocycles. The zero-order chi connectivity index (χ0) is 12.3. The van der Waals surface area contributed by atoms with Crippen molar-refractivity contribution < 1.29 is 4.42 Å². The van der Waals surface area contributed by atoms with Gasteiger partial charge in [-0.2, -0.15) is 11.8 Å². The van der Waals surface area contributed by atoms with Crippen LogP contribution < -0.4 is 5.73 Å². The average molecular weight is 269 g/mol. The summed E-state index contributed by atoms with van der Waals surface area (Å²) in [5, 5.41) is 10.0. The molecule has 0 atom stereocenters. The molecule has 0 amide bonds. The molecule has 2 N–H and O–H groups in total. The first-order valence-electron chi connectivity index (χ1n) is 5.27. The van der Waals surface area contributed by atoms with E-state index in [-0.39, 0.29) is 5.54 Å². The Labute approximate surface area is 109 Å². The van der Waals surface area contributed by atoms with Crippen molar-refractivity contribution in [2.75, 3.05) is 5.75 Å². The number of hydrogen-bond donors (Lipinski definition) is 1. The van der Waals surface area contributed by atoms with Crippen molar-refractivity contribution in [2.24, 2.45) is 5.73 Å². The molecule has 0 fully saturated rings. The fraction of sp³-hybridized carbons (Fsp3) is 0.455. The van der Waals surface area contributed by atoms with Gasteiger partial charge in [-0.15, -0.1) is 21.5 Å². The fourth-order valence-corrected chi connectivity index (χ4v) is 2.78. The van der Waals surface area contributed by atoms with Gasteiger partial charge in [0.25, 0.3) is 5.89 Å². The molecule has 17 heavy (non-hydrogen) atoms. The van der Waals surface area contributed by atoms with Crippen LogP contribution in [0.3, 0.4) is 0 Å². The summed E-state index contributed by atoms with van der Waals surface area (Å²) >= 11 is 3.30. The van der Waals surface area contributed by atoms with Crippen LogP contribution in [0, 0.1) is 0 Å². The number of nitrogens with zero attached hydrogens (tertiary/aromatic N) is 2. The number of nitrogens with two attached hydrogens (primary N) is 1. The molecule has 2 aromatic heterocycles. The Morgan fingerprint density at radius 1 is 1.47 bits per heavy atom. The van der Waals surface area contributed by atoms with Gasteiger partial charge < -0.3 is 10.2 Å². The molecule has 4 nitrogen and oxygen atoms in total. The zero-order valence-electron chi connectivity index (χ0n) is 9.84. The first-order chi connectivity index (χ1) is 8.04. The van der Waals surface area contributed by atoms with Crippen molar-refractivity contribution in [3.05, 3.63) is 23.4 Å². The van der Waals surface area contributed by atoms with Gasteiger partial charge in [0.2, 0.25) is 5.89 Å². The second-order valence-corrected chi connectivity index (χ2v) is 6.39. The predicted octanol–water partition coefficient (Wildman–Crippen LogP) is 2.77. The number of hydrogen-bond acceptors (Lipinski definition) is 6. The monoisotopic (exact) mass is 269 g/mol. The molecule has 0 aliphatic rings.